The summed E-state index contributed by atoms with van der Waals surface area (Å²) in [5.74, 6) is 0.0355. The lowest BCUT2D eigenvalue weighted by atomic mass is 10.1. The summed E-state index contributed by atoms with van der Waals surface area (Å²) in [6.07, 6.45) is 14.4. The van der Waals surface area contributed by atoms with Crippen LogP contribution in [0.1, 0.15) is 65.7 Å². The molecule has 114 valence electrons. The minimum atomic E-state index is -0.209. The zero-order valence-electron chi connectivity index (χ0n) is 13.1. The third-order valence-corrected chi connectivity index (χ3v) is 2.89. The van der Waals surface area contributed by atoms with Crippen molar-refractivity contribution in [1.82, 2.24) is 0 Å². The molecule has 0 radical (unpaired) electrons. The molecular formula is C17H28O3. The number of hydrogen-bond donors (Lipinski definition) is 0. The molecule has 3 nitrogen and oxygen atoms in total. The fraction of sp³-hybridized carbons (Fsp3) is 0.647. The summed E-state index contributed by atoms with van der Waals surface area (Å²) in [5, 5.41) is 0. The quantitative estimate of drug-likeness (QED) is 0.320. The van der Waals surface area contributed by atoms with Crippen LogP contribution in [0.5, 0.6) is 0 Å². The van der Waals surface area contributed by atoms with Crippen molar-refractivity contribution in [1.29, 1.82) is 0 Å². The van der Waals surface area contributed by atoms with Gasteiger partial charge >= 0.3 is 5.97 Å². The van der Waals surface area contributed by atoms with Crippen LogP contribution >= 0.6 is 0 Å². The normalized spacial score (nSPS) is 12.9. The topological polar surface area (TPSA) is 43.4 Å². The Morgan fingerprint density at radius 1 is 1.10 bits per heavy atom. The van der Waals surface area contributed by atoms with E-state index in [1.165, 1.54) is 6.92 Å². The number of rotatable bonds is 11. The lowest BCUT2D eigenvalue weighted by Gasteiger charge is -2.14. The SMILES string of the molecule is CCCCC(C/C=C/C=C/CCCC(C)=O)OC(C)=O. The Bertz CT molecular complexity index is 329. The van der Waals surface area contributed by atoms with Crippen LogP contribution in [0.25, 0.3) is 0 Å². The van der Waals surface area contributed by atoms with Gasteiger partial charge in [-0.25, -0.2) is 0 Å². The van der Waals surface area contributed by atoms with Gasteiger partial charge in [0.1, 0.15) is 11.9 Å². The summed E-state index contributed by atoms with van der Waals surface area (Å²) in [4.78, 5) is 21.7. The van der Waals surface area contributed by atoms with Crippen molar-refractivity contribution in [3.8, 4) is 0 Å². The molecule has 0 aliphatic rings. The molecule has 0 heterocycles. The summed E-state index contributed by atoms with van der Waals surface area (Å²) in [5.41, 5.74) is 0. The van der Waals surface area contributed by atoms with E-state index >= 15 is 0 Å². The highest BCUT2D eigenvalue weighted by atomic mass is 16.5. The van der Waals surface area contributed by atoms with Crippen LogP contribution in [0.15, 0.2) is 24.3 Å². The summed E-state index contributed by atoms with van der Waals surface area (Å²) in [6, 6.07) is 0. The average Bonchev–Trinajstić information content (AvgIpc) is 2.37. The maximum atomic E-state index is 11.0. The van der Waals surface area contributed by atoms with Crippen LogP contribution in [0.2, 0.25) is 0 Å². The van der Waals surface area contributed by atoms with Gasteiger partial charge in [0.25, 0.3) is 0 Å². The predicted octanol–water partition coefficient (Wildman–Crippen LogP) is 4.37. The number of allylic oxidation sites excluding steroid dienone is 3. The molecule has 0 amide bonds. The summed E-state index contributed by atoms with van der Waals surface area (Å²) in [6.45, 7) is 5.21. The fourth-order valence-electron chi connectivity index (χ4n) is 1.84. The molecule has 1 atom stereocenters. The molecule has 0 fully saturated rings. The number of esters is 1. The number of unbranched alkanes of at least 4 members (excludes halogenated alkanes) is 2. The number of Topliss-reactive ketones (excluding diaryl/α,β-unsaturated/α-hetero) is 1. The van der Waals surface area contributed by atoms with Gasteiger partial charge in [0.15, 0.2) is 0 Å². The largest absolute Gasteiger partial charge is 0.462 e. The number of ketones is 1. The van der Waals surface area contributed by atoms with Gasteiger partial charge in [0.05, 0.1) is 0 Å². The first-order valence-electron chi connectivity index (χ1n) is 7.54. The molecule has 0 N–H and O–H groups in total. The van der Waals surface area contributed by atoms with Gasteiger partial charge in [0.2, 0.25) is 0 Å². The maximum absolute atomic E-state index is 11.0. The van der Waals surface area contributed by atoms with E-state index in [0.29, 0.717) is 6.42 Å². The monoisotopic (exact) mass is 280 g/mol. The van der Waals surface area contributed by atoms with E-state index in [0.717, 1.165) is 38.5 Å². The van der Waals surface area contributed by atoms with Crippen molar-refractivity contribution in [2.45, 2.75) is 71.8 Å². The van der Waals surface area contributed by atoms with Crippen LogP contribution in [0, 0.1) is 0 Å². The molecule has 0 aromatic heterocycles. The molecule has 1 unspecified atom stereocenters. The second-order valence-corrected chi connectivity index (χ2v) is 5.06. The van der Waals surface area contributed by atoms with Crippen LogP contribution in [0.3, 0.4) is 0 Å². The number of carbonyl (C=O) groups is 2. The minimum Gasteiger partial charge on any atom is -0.462 e. The van der Waals surface area contributed by atoms with Gasteiger partial charge in [0, 0.05) is 19.8 Å². The summed E-state index contributed by atoms with van der Waals surface area (Å²) >= 11 is 0. The van der Waals surface area contributed by atoms with Crippen LogP contribution in [-0.2, 0) is 14.3 Å². The molecular weight excluding hydrogens is 252 g/mol. The molecule has 0 aliphatic carbocycles. The minimum absolute atomic E-state index is 0.00480. The van der Waals surface area contributed by atoms with Crippen molar-refractivity contribution in [2.24, 2.45) is 0 Å². The van der Waals surface area contributed by atoms with E-state index in [2.05, 4.69) is 13.0 Å². The van der Waals surface area contributed by atoms with Gasteiger partial charge < -0.3 is 9.53 Å². The van der Waals surface area contributed by atoms with Gasteiger partial charge in [-0.3, -0.25) is 4.79 Å². The van der Waals surface area contributed by atoms with Gasteiger partial charge in [-0.05, 0) is 26.2 Å². The van der Waals surface area contributed by atoms with Crippen molar-refractivity contribution < 1.29 is 14.3 Å². The van der Waals surface area contributed by atoms with Crippen LogP contribution in [0.4, 0.5) is 0 Å². The standard InChI is InChI=1S/C17H28O3/c1-4-5-13-17(20-16(3)19)14-11-9-7-6-8-10-12-15(2)18/h6-7,9,11,17H,4-5,8,10,12-14H2,1-3H3/b7-6+,11-9+. The zero-order chi connectivity index (χ0) is 15.2. The summed E-state index contributed by atoms with van der Waals surface area (Å²) in [7, 11) is 0. The first-order valence-corrected chi connectivity index (χ1v) is 7.54. The van der Waals surface area contributed by atoms with E-state index in [1.807, 2.05) is 18.2 Å². The first kappa shape index (κ1) is 18.6. The third-order valence-electron chi connectivity index (χ3n) is 2.89. The fourth-order valence-corrected chi connectivity index (χ4v) is 1.84. The smallest absolute Gasteiger partial charge is 0.302 e. The van der Waals surface area contributed by atoms with E-state index in [9.17, 15) is 9.59 Å². The van der Waals surface area contributed by atoms with Gasteiger partial charge in [-0.1, -0.05) is 44.1 Å². The molecule has 0 aromatic carbocycles. The second-order valence-electron chi connectivity index (χ2n) is 5.06. The van der Waals surface area contributed by atoms with Gasteiger partial charge in [-0.15, -0.1) is 0 Å². The van der Waals surface area contributed by atoms with Crippen molar-refractivity contribution in [3.05, 3.63) is 24.3 Å². The Hall–Kier alpha value is -1.38. The lowest BCUT2D eigenvalue weighted by Crippen LogP contribution is -2.15. The Morgan fingerprint density at radius 2 is 1.80 bits per heavy atom. The molecule has 0 rings (SSSR count). The molecule has 0 spiro atoms. The van der Waals surface area contributed by atoms with E-state index < -0.39 is 0 Å². The van der Waals surface area contributed by atoms with Crippen molar-refractivity contribution in [3.63, 3.8) is 0 Å². The molecule has 0 aromatic rings. The zero-order valence-corrected chi connectivity index (χ0v) is 13.1. The first-order chi connectivity index (χ1) is 9.56. The molecule has 0 bridgehead atoms. The number of ether oxygens (including phenoxy) is 1. The highest BCUT2D eigenvalue weighted by molar-refractivity contribution is 5.75. The Kier molecular flexibility index (Phi) is 11.8. The van der Waals surface area contributed by atoms with Crippen LogP contribution in [-0.4, -0.2) is 17.9 Å². The molecule has 0 aliphatic heterocycles. The third kappa shape index (κ3) is 13.1. The molecule has 20 heavy (non-hydrogen) atoms. The highest BCUT2D eigenvalue weighted by Crippen LogP contribution is 2.10. The van der Waals surface area contributed by atoms with E-state index in [-0.39, 0.29) is 17.9 Å². The lowest BCUT2D eigenvalue weighted by molar-refractivity contribution is -0.146. The molecule has 0 saturated heterocycles. The maximum Gasteiger partial charge on any atom is 0.302 e. The predicted molar refractivity (Wildman–Crippen MR) is 82.5 cm³/mol. The number of hydrogen-bond acceptors (Lipinski definition) is 3. The van der Waals surface area contributed by atoms with Crippen molar-refractivity contribution >= 4 is 11.8 Å². The Labute approximate surface area is 123 Å². The van der Waals surface area contributed by atoms with E-state index in [4.69, 9.17) is 4.74 Å². The van der Waals surface area contributed by atoms with E-state index in [1.54, 1.807) is 6.92 Å². The molecule has 3 heteroatoms. The van der Waals surface area contributed by atoms with Crippen LogP contribution < -0.4 is 0 Å². The summed E-state index contributed by atoms with van der Waals surface area (Å²) < 4.78 is 5.27. The Morgan fingerprint density at radius 3 is 2.40 bits per heavy atom. The number of carbonyl (C=O) groups excluding carboxylic acids is 2. The van der Waals surface area contributed by atoms with Crippen molar-refractivity contribution in [2.75, 3.05) is 0 Å². The second kappa shape index (κ2) is 12.6. The average molecular weight is 280 g/mol. The van der Waals surface area contributed by atoms with Gasteiger partial charge in [-0.2, -0.15) is 0 Å². The Balaban J connectivity index is 3.88. The highest BCUT2D eigenvalue weighted by Gasteiger charge is 2.08. The molecule has 0 saturated carbocycles.